The van der Waals surface area contributed by atoms with Crippen LogP contribution in [0, 0.1) is 27.4 Å². The summed E-state index contributed by atoms with van der Waals surface area (Å²) < 4.78 is 5.45. The minimum atomic E-state index is -0.514. The minimum Gasteiger partial charge on any atom is -0.382 e. The predicted molar refractivity (Wildman–Crippen MR) is 76.6 cm³/mol. The third kappa shape index (κ3) is 5.24. The second-order valence-electron chi connectivity index (χ2n) is 4.82. The molecule has 0 radical (unpaired) electrons. The molecule has 0 aliphatic carbocycles. The van der Waals surface area contributed by atoms with Crippen molar-refractivity contribution in [2.24, 2.45) is 5.92 Å². The van der Waals surface area contributed by atoms with Crippen molar-refractivity contribution < 1.29 is 9.66 Å². The van der Waals surface area contributed by atoms with Crippen LogP contribution >= 0.6 is 0 Å². The number of non-ortho nitro benzene ring substituents is 1. The van der Waals surface area contributed by atoms with Crippen LogP contribution in [0.2, 0.25) is 0 Å². The van der Waals surface area contributed by atoms with Gasteiger partial charge in [-0.2, -0.15) is 5.26 Å². The molecule has 6 nitrogen and oxygen atoms in total. The first-order valence-corrected chi connectivity index (χ1v) is 6.54. The lowest BCUT2D eigenvalue weighted by Crippen LogP contribution is -2.11. The Morgan fingerprint density at radius 1 is 1.45 bits per heavy atom. The van der Waals surface area contributed by atoms with Crippen molar-refractivity contribution in [1.82, 2.24) is 0 Å². The van der Waals surface area contributed by atoms with Crippen molar-refractivity contribution >= 4 is 11.4 Å². The lowest BCUT2D eigenvalue weighted by atomic mass is 10.1. The van der Waals surface area contributed by atoms with Gasteiger partial charge in [-0.1, -0.05) is 13.8 Å². The number of ether oxygens (including phenoxy) is 1. The fourth-order valence-corrected chi connectivity index (χ4v) is 1.57. The van der Waals surface area contributed by atoms with Crippen molar-refractivity contribution in [2.75, 3.05) is 25.1 Å². The number of nitro benzene ring substituents is 1. The average Bonchev–Trinajstić information content (AvgIpc) is 2.42. The zero-order valence-corrected chi connectivity index (χ0v) is 11.8. The van der Waals surface area contributed by atoms with Crippen molar-refractivity contribution in [3.63, 3.8) is 0 Å². The van der Waals surface area contributed by atoms with Crippen LogP contribution < -0.4 is 5.32 Å². The van der Waals surface area contributed by atoms with Gasteiger partial charge in [-0.3, -0.25) is 10.1 Å². The number of nitriles is 1. The van der Waals surface area contributed by atoms with E-state index in [1.54, 1.807) is 6.07 Å². The fourth-order valence-electron chi connectivity index (χ4n) is 1.57. The zero-order valence-electron chi connectivity index (χ0n) is 11.8. The highest BCUT2D eigenvalue weighted by Gasteiger charge is 2.10. The number of nitro groups is 1. The van der Waals surface area contributed by atoms with Crippen molar-refractivity contribution in [1.29, 1.82) is 5.26 Å². The van der Waals surface area contributed by atoms with Crippen molar-refractivity contribution in [2.45, 2.75) is 20.3 Å². The van der Waals surface area contributed by atoms with Gasteiger partial charge in [0.15, 0.2) is 0 Å². The van der Waals surface area contributed by atoms with E-state index in [0.717, 1.165) is 6.42 Å². The van der Waals surface area contributed by atoms with Gasteiger partial charge in [0.05, 0.1) is 22.8 Å². The molecule has 0 unspecified atom stereocenters. The van der Waals surface area contributed by atoms with Gasteiger partial charge < -0.3 is 10.1 Å². The molecule has 0 spiro atoms. The van der Waals surface area contributed by atoms with E-state index in [4.69, 9.17) is 10.00 Å². The van der Waals surface area contributed by atoms with E-state index in [1.807, 2.05) is 6.07 Å². The lowest BCUT2D eigenvalue weighted by Gasteiger charge is -2.09. The number of anilines is 1. The van der Waals surface area contributed by atoms with E-state index in [2.05, 4.69) is 19.2 Å². The monoisotopic (exact) mass is 277 g/mol. The van der Waals surface area contributed by atoms with Gasteiger partial charge in [-0.15, -0.1) is 0 Å². The number of rotatable bonds is 8. The van der Waals surface area contributed by atoms with Gasteiger partial charge >= 0.3 is 0 Å². The molecular formula is C14H19N3O3. The van der Waals surface area contributed by atoms with Gasteiger partial charge in [0, 0.05) is 25.3 Å². The van der Waals surface area contributed by atoms with E-state index in [9.17, 15) is 10.1 Å². The van der Waals surface area contributed by atoms with Gasteiger partial charge in [-0.25, -0.2) is 0 Å². The molecule has 1 N–H and O–H groups in total. The molecule has 6 heteroatoms. The third-order valence-corrected chi connectivity index (χ3v) is 2.74. The topological polar surface area (TPSA) is 88.2 Å². The van der Waals surface area contributed by atoms with Crippen LogP contribution in [0.4, 0.5) is 11.4 Å². The summed E-state index contributed by atoms with van der Waals surface area (Å²) in [5.74, 6) is 0.614. The summed E-state index contributed by atoms with van der Waals surface area (Å²) in [6.45, 7) is 6.08. The molecule has 0 amide bonds. The first-order valence-electron chi connectivity index (χ1n) is 6.54. The molecule has 0 atom stereocenters. The molecule has 1 aromatic carbocycles. The first kappa shape index (κ1) is 15.9. The molecule has 1 aromatic rings. The predicted octanol–water partition coefficient (Wildman–Crippen LogP) is 2.94. The average molecular weight is 277 g/mol. The van der Waals surface area contributed by atoms with Crippen LogP contribution in [0.15, 0.2) is 18.2 Å². The Morgan fingerprint density at radius 2 is 2.20 bits per heavy atom. The fraction of sp³-hybridized carbons (Fsp3) is 0.500. The molecule has 0 aliphatic rings. The second-order valence-corrected chi connectivity index (χ2v) is 4.82. The maximum atomic E-state index is 10.6. The number of hydrogen-bond donors (Lipinski definition) is 1. The molecule has 20 heavy (non-hydrogen) atoms. The van der Waals surface area contributed by atoms with E-state index in [1.165, 1.54) is 12.1 Å². The van der Waals surface area contributed by atoms with Gasteiger partial charge in [0.25, 0.3) is 5.69 Å². The summed E-state index contributed by atoms with van der Waals surface area (Å²) in [5.41, 5.74) is 0.771. The SMILES string of the molecule is CC(C)CCOCCNc1ccc([N+](=O)[O-])cc1C#N. The number of nitrogens with zero attached hydrogens (tertiary/aromatic N) is 2. The Hall–Kier alpha value is -2.13. The lowest BCUT2D eigenvalue weighted by molar-refractivity contribution is -0.384. The summed E-state index contributed by atoms with van der Waals surface area (Å²) in [6.07, 6.45) is 1.01. The van der Waals surface area contributed by atoms with Crippen LogP contribution in [0.25, 0.3) is 0 Å². The molecule has 0 saturated carbocycles. The van der Waals surface area contributed by atoms with E-state index in [0.29, 0.717) is 31.4 Å². The Balaban J connectivity index is 2.44. The van der Waals surface area contributed by atoms with Crippen molar-refractivity contribution in [3.05, 3.63) is 33.9 Å². The van der Waals surface area contributed by atoms with E-state index < -0.39 is 4.92 Å². The van der Waals surface area contributed by atoms with E-state index >= 15 is 0 Å². The van der Waals surface area contributed by atoms with Crippen LogP contribution in [0.3, 0.4) is 0 Å². The molecule has 0 fully saturated rings. The maximum Gasteiger partial charge on any atom is 0.270 e. The zero-order chi connectivity index (χ0) is 15.0. The Labute approximate surface area is 118 Å². The molecule has 108 valence electrons. The summed E-state index contributed by atoms with van der Waals surface area (Å²) in [7, 11) is 0. The quantitative estimate of drug-likeness (QED) is 0.448. The Bertz CT molecular complexity index is 495. The Morgan fingerprint density at radius 3 is 2.80 bits per heavy atom. The summed E-state index contributed by atoms with van der Waals surface area (Å²) >= 11 is 0. The summed E-state index contributed by atoms with van der Waals surface area (Å²) in [5, 5.41) is 22.7. The van der Waals surface area contributed by atoms with E-state index in [-0.39, 0.29) is 11.3 Å². The van der Waals surface area contributed by atoms with Crippen LogP contribution in [0.1, 0.15) is 25.8 Å². The molecule has 0 aliphatic heterocycles. The highest BCUT2D eigenvalue weighted by molar-refractivity contribution is 5.61. The molecule has 0 heterocycles. The van der Waals surface area contributed by atoms with Gasteiger partial charge in [-0.05, 0) is 18.4 Å². The molecule has 0 bridgehead atoms. The molecule has 1 rings (SSSR count). The van der Waals surface area contributed by atoms with Crippen LogP contribution in [-0.2, 0) is 4.74 Å². The second kappa shape index (κ2) is 8.12. The summed E-state index contributed by atoms with van der Waals surface area (Å²) in [4.78, 5) is 10.1. The number of nitrogens with one attached hydrogen (secondary N) is 1. The third-order valence-electron chi connectivity index (χ3n) is 2.74. The highest BCUT2D eigenvalue weighted by atomic mass is 16.6. The normalized spacial score (nSPS) is 10.3. The Kier molecular flexibility index (Phi) is 6.47. The van der Waals surface area contributed by atoms with Gasteiger partial charge in [0.1, 0.15) is 6.07 Å². The number of hydrogen-bond acceptors (Lipinski definition) is 5. The summed E-state index contributed by atoms with van der Waals surface area (Å²) in [6, 6.07) is 6.14. The molecule has 0 aromatic heterocycles. The largest absolute Gasteiger partial charge is 0.382 e. The van der Waals surface area contributed by atoms with Crippen molar-refractivity contribution in [3.8, 4) is 6.07 Å². The molecular weight excluding hydrogens is 258 g/mol. The van der Waals surface area contributed by atoms with Gasteiger partial charge in [0.2, 0.25) is 0 Å². The van der Waals surface area contributed by atoms with Crippen LogP contribution in [0.5, 0.6) is 0 Å². The first-order chi connectivity index (χ1) is 9.54. The van der Waals surface area contributed by atoms with Crippen LogP contribution in [-0.4, -0.2) is 24.7 Å². The maximum absolute atomic E-state index is 10.6. The smallest absolute Gasteiger partial charge is 0.270 e. The number of benzene rings is 1. The minimum absolute atomic E-state index is 0.0831. The standard InChI is InChI=1S/C14H19N3O3/c1-11(2)5-7-20-8-6-16-14-4-3-13(17(18)19)9-12(14)10-15/h3-4,9,11,16H,5-8H2,1-2H3. The highest BCUT2D eigenvalue weighted by Crippen LogP contribution is 2.21. The molecule has 0 saturated heterocycles.